The van der Waals surface area contributed by atoms with E-state index < -0.39 is 12.3 Å². The summed E-state index contributed by atoms with van der Waals surface area (Å²) in [5, 5.41) is 0. The fourth-order valence-corrected chi connectivity index (χ4v) is 5.95. The van der Waals surface area contributed by atoms with Crippen LogP contribution in [0.4, 0.5) is 8.78 Å². The first-order valence-electron chi connectivity index (χ1n) is 10.4. The molecule has 3 aliphatic rings. The molecule has 134 valence electrons. The van der Waals surface area contributed by atoms with Crippen molar-refractivity contribution >= 4 is 0 Å². The molecule has 0 aromatic rings. The van der Waals surface area contributed by atoms with E-state index in [0.717, 1.165) is 49.9 Å². The van der Waals surface area contributed by atoms with E-state index in [1.807, 2.05) is 6.92 Å². The highest BCUT2D eigenvalue weighted by molar-refractivity contribution is 4.92. The molecule has 3 rings (SSSR count). The molecular formula is C21H36F2. The minimum absolute atomic E-state index is 0.0140. The Morgan fingerprint density at radius 2 is 1.17 bits per heavy atom. The highest BCUT2D eigenvalue weighted by atomic mass is 19.2. The van der Waals surface area contributed by atoms with E-state index in [2.05, 4.69) is 6.92 Å². The average molecular weight is 327 g/mol. The van der Waals surface area contributed by atoms with Gasteiger partial charge in [0, 0.05) is 0 Å². The van der Waals surface area contributed by atoms with E-state index in [0.29, 0.717) is 5.92 Å². The van der Waals surface area contributed by atoms with E-state index in [4.69, 9.17) is 0 Å². The van der Waals surface area contributed by atoms with Crippen molar-refractivity contribution in [3.63, 3.8) is 0 Å². The van der Waals surface area contributed by atoms with Gasteiger partial charge in [0.05, 0.1) is 0 Å². The van der Waals surface area contributed by atoms with Gasteiger partial charge in [-0.3, -0.25) is 0 Å². The largest absolute Gasteiger partial charge is 0.244 e. The predicted octanol–water partition coefficient (Wildman–Crippen LogP) is 6.73. The summed E-state index contributed by atoms with van der Waals surface area (Å²) in [4.78, 5) is 0. The first-order valence-corrected chi connectivity index (χ1v) is 10.4. The lowest BCUT2D eigenvalue weighted by molar-refractivity contribution is -0.0157. The van der Waals surface area contributed by atoms with Crippen LogP contribution in [0, 0.1) is 35.5 Å². The van der Waals surface area contributed by atoms with Gasteiger partial charge >= 0.3 is 0 Å². The molecule has 0 N–H and O–H groups in total. The van der Waals surface area contributed by atoms with Gasteiger partial charge in [-0.05, 0) is 86.9 Å². The summed E-state index contributed by atoms with van der Waals surface area (Å²) in [5.41, 5.74) is 0. The van der Waals surface area contributed by atoms with Crippen molar-refractivity contribution < 1.29 is 8.78 Å². The number of alkyl halides is 2. The summed E-state index contributed by atoms with van der Waals surface area (Å²) in [6.07, 6.45) is 10.7. The van der Waals surface area contributed by atoms with Gasteiger partial charge in [0.1, 0.15) is 12.3 Å². The Morgan fingerprint density at radius 1 is 0.652 bits per heavy atom. The van der Waals surface area contributed by atoms with Gasteiger partial charge in [0.25, 0.3) is 0 Å². The molecule has 0 spiro atoms. The minimum atomic E-state index is -1.20. The van der Waals surface area contributed by atoms with Crippen molar-refractivity contribution in [2.24, 2.45) is 35.5 Å². The predicted molar refractivity (Wildman–Crippen MR) is 92.9 cm³/mol. The molecule has 4 atom stereocenters. The highest BCUT2D eigenvalue weighted by Crippen LogP contribution is 2.47. The number of halogens is 2. The summed E-state index contributed by atoms with van der Waals surface area (Å²) < 4.78 is 28.9. The maximum atomic E-state index is 14.6. The topological polar surface area (TPSA) is 0 Å². The molecule has 0 nitrogen and oxygen atoms in total. The average Bonchev–Trinajstić information content (AvgIpc) is 2.58. The van der Waals surface area contributed by atoms with E-state index in [1.54, 1.807) is 0 Å². The van der Waals surface area contributed by atoms with Crippen molar-refractivity contribution in [1.29, 1.82) is 0 Å². The lowest BCUT2D eigenvalue weighted by Gasteiger charge is -2.43. The van der Waals surface area contributed by atoms with Crippen molar-refractivity contribution in [2.75, 3.05) is 0 Å². The molecule has 3 aliphatic carbocycles. The third-order valence-corrected chi connectivity index (χ3v) is 7.71. The Labute approximate surface area is 141 Å². The van der Waals surface area contributed by atoms with Crippen molar-refractivity contribution in [2.45, 2.75) is 96.8 Å². The molecule has 0 amide bonds. The van der Waals surface area contributed by atoms with Crippen molar-refractivity contribution in [3.8, 4) is 0 Å². The molecular weight excluding hydrogens is 290 g/mol. The zero-order chi connectivity index (χ0) is 16.4. The van der Waals surface area contributed by atoms with Crippen LogP contribution in [-0.4, -0.2) is 12.3 Å². The molecule has 4 unspecified atom stereocenters. The van der Waals surface area contributed by atoms with E-state index >= 15 is 0 Å². The lowest BCUT2D eigenvalue weighted by Crippen LogP contribution is -2.42. The molecule has 0 radical (unpaired) electrons. The van der Waals surface area contributed by atoms with Crippen LogP contribution in [0.2, 0.25) is 0 Å². The molecule has 23 heavy (non-hydrogen) atoms. The van der Waals surface area contributed by atoms with Gasteiger partial charge in [-0.25, -0.2) is 8.78 Å². The third kappa shape index (κ3) is 3.93. The maximum absolute atomic E-state index is 14.6. The Balaban J connectivity index is 1.49. The molecule has 0 aliphatic heterocycles. The summed E-state index contributed by atoms with van der Waals surface area (Å²) in [5.74, 6) is 3.18. The number of hydrogen-bond donors (Lipinski definition) is 0. The van der Waals surface area contributed by atoms with Crippen LogP contribution in [0.1, 0.15) is 84.5 Å². The molecule has 0 bridgehead atoms. The quantitative estimate of drug-likeness (QED) is 0.539. The van der Waals surface area contributed by atoms with Gasteiger partial charge in [-0.2, -0.15) is 0 Å². The van der Waals surface area contributed by atoms with Crippen LogP contribution in [0.3, 0.4) is 0 Å². The summed E-state index contributed by atoms with van der Waals surface area (Å²) in [6, 6.07) is 0. The molecule has 0 saturated heterocycles. The van der Waals surface area contributed by atoms with Crippen LogP contribution in [-0.2, 0) is 0 Å². The maximum Gasteiger partial charge on any atom is 0.134 e. The summed E-state index contributed by atoms with van der Waals surface area (Å²) in [6.45, 7) is 4.38. The molecule has 0 aromatic heterocycles. The molecule has 0 heterocycles. The van der Waals surface area contributed by atoms with Crippen LogP contribution in [0.5, 0.6) is 0 Å². The van der Waals surface area contributed by atoms with Crippen LogP contribution < -0.4 is 0 Å². The van der Waals surface area contributed by atoms with E-state index in [9.17, 15) is 8.78 Å². The summed E-state index contributed by atoms with van der Waals surface area (Å²) >= 11 is 0. The van der Waals surface area contributed by atoms with Crippen molar-refractivity contribution in [1.82, 2.24) is 0 Å². The molecule has 2 heteroatoms. The monoisotopic (exact) mass is 326 g/mol. The van der Waals surface area contributed by atoms with E-state index in [1.165, 1.54) is 38.5 Å². The summed E-state index contributed by atoms with van der Waals surface area (Å²) in [7, 11) is 0. The highest BCUT2D eigenvalue weighted by Gasteiger charge is 2.43. The second kappa shape index (κ2) is 7.83. The second-order valence-corrected chi connectivity index (χ2v) is 8.99. The fourth-order valence-electron chi connectivity index (χ4n) is 5.95. The zero-order valence-corrected chi connectivity index (χ0v) is 15.2. The Bertz CT molecular complexity index is 353. The minimum Gasteiger partial charge on any atom is -0.244 e. The second-order valence-electron chi connectivity index (χ2n) is 8.99. The van der Waals surface area contributed by atoms with Crippen LogP contribution in [0.15, 0.2) is 0 Å². The first-order chi connectivity index (χ1) is 11.1. The van der Waals surface area contributed by atoms with Crippen molar-refractivity contribution in [3.05, 3.63) is 0 Å². The smallest absolute Gasteiger partial charge is 0.134 e. The number of hydrogen-bond acceptors (Lipinski definition) is 0. The molecule has 3 fully saturated rings. The first kappa shape index (κ1) is 17.7. The van der Waals surface area contributed by atoms with E-state index in [-0.39, 0.29) is 11.8 Å². The Morgan fingerprint density at radius 3 is 1.74 bits per heavy atom. The third-order valence-electron chi connectivity index (χ3n) is 7.71. The molecule has 0 aromatic carbocycles. The normalized spacial score (nSPS) is 49.0. The number of rotatable bonds is 3. The van der Waals surface area contributed by atoms with Crippen LogP contribution in [0.25, 0.3) is 0 Å². The van der Waals surface area contributed by atoms with Gasteiger partial charge in [0.2, 0.25) is 0 Å². The van der Waals surface area contributed by atoms with Gasteiger partial charge in [0.15, 0.2) is 0 Å². The Hall–Kier alpha value is -0.140. The SMILES string of the molecule is CCC1CCC(C2CCC(C3CCC(C)CC3)CC2)C(F)C1F. The van der Waals surface area contributed by atoms with Gasteiger partial charge < -0.3 is 0 Å². The van der Waals surface area contributed by atoms with Gasteiger partial charge in [-0.15, -0.1) is 0 Å². The molecule has 3 saturated carbocycles. The fraction of sp³-hybridized carbons (Fsp3) is 1.00. The zero-order valence-electron chi connectivity index (χ0n) is 15.2. The van der Waals surface area contributed by atoms with Crippen LogP contribution >= 0.6 is 0 Å². The van der Waals surface area contributed by atoms with Gasteiger partial charge in [-0.1, -0.05) is 33.1 Å². The standard InChI is InChI=1S/C21H36F2/c1-3-15-12-13-19(21(23)20(15)22)18-10-8-17(9-11-18)16-6-4-14(2)5-7-16/h14-21H,3-13H2,1-2H3. The lowest BCUT2D eigenvalue weighted by atomic mass is 9.64. The Kier molecular flexibility index (Phi) is 6.02.